The fraction of sp³-hybridized carbons (Fsp3) is 0.323. The lowest BCUT2D eigenvalue weighted by Gasteiger charge is -2.54. The highest BCUT2D eigenvalue weighted by Crippen LogP contribution is 2.69. The van der Waals surface area contributed by atoms with E-state index < -0.39 is 21.6 Å². The second-order valence-electron chi connectivity index (χ2n) is 10.3. The Kier molecular flexibility index (Phi) is 6.32. The molecule has 1 saturated heterocycles. The number of imide groups is 1. The third-order valence-electron chi connectivity index (χ3n) is 8.18. The van der Waals surface area contributed by atoms with Gasteiger partial charge in [-0.25, -0.2) is 0 Å². The minimum absolute atomic E-state index is 0.254. The number of alkyl halides is 2. The molecular formula is C31H27Cl2NO4. The van der Waals surface area contributed by atoms with Gasteiger partial charge in [0.15, 0.2) is 0 Å². The van der Waals surface area contributed by atoms with E-state index in [2.05, 4.69) is 0 Å². The molecule has 194 valence electrons. The molecule has 7 heteroatoms. The summed E-state index contributed by atoms with van der Waals surface area (Å²) in [5.74, 6) is -2.34. The van der Waals surface area contributed by atoms with E-state index in [1.807, 2.05) is 78.9 Å². The highest BCUT2D eigenvalue weighted by atomic mass is 35.5. The summed E-state index contributed by atoms with van der Waals surface area (Å²) in [6.07, 6.45) is 2.19. The maximum absolute atomic E-state index is 13.8. The molecule has 2 bridgehead atoms. The molecule has 38 heavy (non-hydrogen) atoms. The lowest BCUT2D eigenvalue weighted by atomic mass is 9.54. The zero-order valence-electron chi connectivity index (χ0n) is 20.7. The molecule has 4 aliphatic rings. The van der Waals surface area contributed by atoms with Gasteiger partial charge in [-0.2, -0.15) is 0 Å². The van der Waals surface area contributed by atoms with Crippen molar-refractivity contribution in [3.8, 4) is 0 Å². The minimum atomic E-state index is -1.15. The SMILES string of the molecule is O=C(CCCCCN1C(=O)[C@@H]2[C@@H](C1=O)C1(Cl)c3ccccc3C2(Cl)c2ccccc21)OCc1ccccc1. The number of rotatable bonds is 8. The number of benzene rings is 3. The van der Waals surface area contributed by atoms with Crippen molar-refractivity contribution in [2.75, 3.05) is 6.54 Å². The number of hydrogen-bond acceptors (Lipinski definition) is 4. The molecule has 3 aromatic carbocycles. The van der Waals surface area contributed by atoms with Crippen LogP contribution in [0, 0.1) is 11.8 Å². The molecule has 5 nitrogen and oxygen atoms in total. The Hall–Kier alpha value is -3.15. The molecule has 0 aromatic heterocycles. The average molecular weight is 548 g/mol. The van der Waals surface area contributed by atoms with Crippen molar-refractivity contribution < 1.29 is 19.1 Å². The normalized spacial score (nSPS) is 26.6. The van der Waals surface area contributed by atoms with Gasteiger partial charge in [0.25, 0.3) is 0 Å². The van der Waals surface area contributed by atoms with Crippen LogP contribution in [0.2, 0.25) is 0 Å². The van der Waals surface area contributed by atoms with E-state index >= 15 is 0 Å². The van der Waals surface area contributed by atoms with Gasteiger partial charge in [0.2, 0.25) is 11.8 Å². The van der Waals surface area contributed by atoms with Gasteiger partial charge in [0.05, 0.1) is 11.8 Å². The van der Waals surface area contributed by atoms with Gasteiger partial charge in [-0.1, -0.05) is 85.3 Å². The van der Waals surface area contributed by atoms with Crippen LogP contribution in [-0.4, -0.2) is 29.2 Å². The molecular weight excluding hydrogens is 521 g/mol. The summed E-state index contributed by atoms with van der Waals surface area (Å²) in [5.41, 5.74) is 4.14. The van der Waals surface area contributed by atoms with Gasteiger partial charge in [0, 0.05) is 13.0 Å². The average Bonchev–Trinajstić information content (AvgIpc) is 3.21. The zero-order chi connectivity index (χ0) is 26.5. The van der Waals surface area contributed by atoms with Crippen molar-refractivity contribution in [1.29, 1.82) is 0 Å². The second-order valence-corrected chi connectivity index (χ2v) is 11.4. The minimum Gasteiger partial charge on any atom is -0.461 e. The number of ether oxygens (including phenoxy) is 1. The molecule has 1 fully saturated rings. The monoisotopic (exact) mass is 547 g/mol. The molecule has 3 aromatic rings. The van der Waals surface area contributed by atoms with Gasteiger partial charge < -0.3 is 4.74 Å². The summed E-state index contributed by atoms with van der Waals surface area (Å²) in [6.45, 7) is 0.528. The Morgan fingerprint density at radius 2 is 1.18 bits per heavy atom. The summed E-state index contributed by atoms with van der Waals surface area (Å²) < 4.78 is 5.33. The highest BCUT2D eigenvalue weighted by molar-refractivity contribution is 6.36. The van der Waals surface area contributed by atoms with Crippen LogP contribution in [0.15, 0.2) is 78.9 Å². The summed E-state index contributed by atoms with van der Waals surface area (Å²) >= 11 is 14.9. The first kappa shape index (κ1) is 25.1. The Morgan fingerprint density at radius 1 is 0.711 bits per heavy atom. The summed E-state index contributed by atoms with van der Waals surface area (Å²) in [5, 5.41) is 0. The van der Waals surface area contributed by atoms with Crippen LogP contribution in [0.3, 0.4) is 0 Å². The van der Waals surface area contributed by atoms with Crippen molar-refractivity contribution in [2.45, 2.75) is 42.0 Å². The van der Waals surface area contributed by atoms with Crippen LogP contribution in [-0.2, 0) is 35.5 Å². The number of unbranched alkanes of at least 4 members (excludes halogenated alkanes) is 2. The standard InChI is InChI=1S/C31H27Cl2NO4/c32-30-21-13-6-7-14-22(21)31(33,24-16-9-8-15-23(24)30)27-26(30)28(36)34(29(27)37)18-10-2-5-17-25(35)38-19-20-11-3-1-4-12-20/h1,3-4,6-9,11-16,26-27H,2,5,10,17-19H2/t26-,27-,30?,31?/m0/s1. The van der Waals surface area contributed by atoms with Crippen molar-refractivity contribution in [2.24, 2.45) is 11.8 Å². The maximum Gasteiger partial charge on any atom is 0.306 e. The van der Waals surface area contributed by atoms with E-state index in [1.165, 1.54) is 4.90 Å². The first-order chi connectivity index (χ1) is 18.4. The molecule has 7 rings (SSSR count). The zero-order valence-corrected chi connectivity index (χ0v) is 22.3. The fourth-order valence-corrected chi connectivity index (χ4v) is 7.57. The molecule has 3 aliphatic carbocycles. The second kappa shape index (κ2) is 9.55. The van der Waals surface area contributed by atoms with Crippen molar-refractivity contribution in [1.82, 2.24) is 4.90 Å². The Labute approximate surface area is 231 Å². The molecule has 0 unspecified atom stereocenters. The molecule has 2 atom stereocenters. The van der Waals surface area contributed by atoms with E-state index in [1.54, 1.807) is 0 Å². The van der Waals surface area contributed by atoms with E-state index in [0.29, 0.717) is 25.7 Å². The van der Waals surface area contributed by atoms with Crippen molar-refractivity contribution in [3.05, 3.63) is 107 Å². The van der Waals surface area contributed by atoms with Crippen LogP contribution >= 0.6 is 23.2 Å². The summed E-state index contributed by atoms with van der Waals surface area (Å²) in [4.78, 5) is 38.7. The Balaban J connectivity index is 1.14. The van der Waals surface area contributed by atoms with Crippen LogP contribution in [0.5, 0.6) is 0 Å². The largest absolute Gasteiger partial charge is 0.461 e. The Bertz CT molecular complexity index is 1300. The van der Waals surface area contributed by atoms with Crippen molar-refractivity contribution >= 4 is 41.0 Å². The van der Waals surface area contributed by atoms with Gasteiger partial charge in [0.1, 0.15) is 16.4 Å². The number of carbonyl (C=O) groups is 3. The molecule has 0 N–H and O–H groups in total. The van der Waals surface area contributed by atoms with Gasteiger partial charge in [-0.15, -0.1) is 23.2 Å². The third kappa shape index (κ3) is 3.63. The van der Waals surface area contributed by atoms with Gasteiger partial charge >= 0.3 is 5.97 Å². The molecule has 0 spiro atoms. The first-order valence-electron chi connectivity index (χ1n) is 13.0. The third-order valence-corrected chi connectivity index (χ3v) is 9.47. The molecule has 1 heterocycles. The molecule has 0 saturated carbocycles. The number of hydrogen-bond donors (Lipinski definition) is 0. The van der Waals surface area contributed by atoms with Crippen molar-refractivity contribution in [3.63, 3.8) is 0 Å². The molecule has 2 amide bonds. The topological polar surface area (TPSA) is 63.7 Å². The number of halogens is 2. The molecule has 1 aliphatic heterocycles. The number of nitrogens with zero attached hydrogens (tertiary/aromatic N) is 1. The number of esters is 1. The predicted octanol–water partition coefficient (Wildman–Crippen LogP) is 5.88. The van der Waals surface area contributed by atoms with E-state index in [0.717, 1.165) is 27.8 Å². The molecule has 0 radical (unpaired) electrons. The van der Waals surface area contributed by atoms with Gasteiger partial charge in [-0.05, 0) is 40.7 Å². The highest BCUT2D eigenvalue weighted by Gasteiger charge is 2.72. The van der Waals surface area contributed by atoms with E-state index in [9.17, 15) is 14.4 Å². The van der Waals surface area contributed by atoms with Gasteiger partial charge in [-0.3, -0.25) is 19.3 Å². The quantitative estimate of drug-likeness (QED) is 0.153. The fourth-order valence-electron chi connectivity index (χ4n) is 6.47. The Morgan fingerprint density at radius 3 is 1.68 bits per heavy atom. The van der Waals surface area contributed by atoms with Crippen LogP contribution in [0.1, 0.15) is 53.5 Å². The van der Waals surface area contributed by atoms with Crippen LogP contribution in [0.25, 0.3) is 0 Å². The first-order valence-corrected chi connectivity index (χ1v) is 13.8. The smallest absolute Gasteiger partial charge is 0.306 e. The maximum atomic E-state index is 13.8. The lowest BCUT2D eigenvalue weighted by molar-refractivity contribution is -0.145. The van der Waals surface area contributed by atoms with Crippen LogP contribution < -0.4 is 0 Å². The van der Waals surface area contributed by atoms with Crippen LogP contribution in [0.4, 0.5) is 0 Å². The lowest BCUT2D eigenvalue weighted by Crippen LogP contribution is -2.57. The summed E-state index contributed by atoms with van der Waals surface area (Å²) in [6, 6.07) is 24.8. The number of amides is 2. The predicted molar refractivity (Wildman–Crippen MR) is 145 cm³/mol. The number of carbonyl (C=O) groups excluding carboxylic acids is 3. The summed E-state index contributed by atoms with van der Waals surface area (Å²) in [7, 11) is 0. The number of likely N-dealkylation sites (tertiary alicyclic amines) is 1. The van der Waals surface area contributed by atoms with E-state index in [-0.39, 0.29) is 30.9 Å². The van der Waals surface area contributed by atoms with E-state index in [4.69, 9.17) is 27.9 Å².